The summed E-state index contributed by atoms with van der Waals surface area (Å²) in [5.41, 5.74) is 7.96. The lowest BCUT2D eigenvalue weighted by Crippen LogP contribution is -2.43. The lowest BCUT2D eigenvalue weighted by Gasteiger charge is -2.28. The van der Waals surface area contributed by atoms with E-state index in [9.17, 15) is 18.3 Å². The first-order valence-corrected chi connectivity index (χ1v) is 12.4. The first kappa shape index (κ1) is 20.3. The molecule has 1 aromatic rings. The van der Waals surface area contributed by atoms with Crippen LogP contribution in [0, 0.1) is 0 Å². The average molecular weight is 444 g/mol. The van der Waals surface area contributed by atoms with Gasteiger partial charge in [-0.05, 0) is 35.6 Å². The Morgan fingerprint density at radius 2 is 2.06 bits per heavy atom. The van der Waals surface area contributed by atoms with Gasteiger partial charge in [-0.25, -0.2) is 8.42 Å². The maximum atomic E-state index is 13.2. The molecule has 1 amide bonds. The summed E-state index contributed by atoms with van der Waals surface area (Å²) in [6.45, 7) is 0.936. The van der Waals surface area contributed by atoms with Crippen molar-refractivity contribution in [3.63, 3.8) is 0 Å². The highest BCUT2D eigenvalue weighted by Crippen LogP contribution is 2.34. The normalized spacial score (nSPS) is 24.1. The highest BCUT2D eigenvalue weighted by molar-refractivity contribution is 7.91. The minimum Gasteiger partial charge on any atom is -0.492 e. The number of carbonyl (C=O) groups is 1. The van der Waals surface area contributed by atoms with Crippen LogP contribution in [0.4, 0.5) is 0 Å². The van der Waals surface area contributed by atoms with Crippen LogP contribution in [-0.4, -0.2) is 67.5 Å². The third-order valence-electron chi connectivity index (χ3n) is 6.25. The molecule has 1 fully saturated rings. The summed E-state index contributed by atoms with van der Waals surface area (Å²) in [4.78, 5) is 14.8. The van der Waals surface area contributed by atoms with Gasteiger partial charge in [-0.15, -0.1) is 0 Å². The highest BCUT2D eigenvalue weighted by Gasteiger charge is 2.31. The first-order chi connectivity index (χ1) is 14.9. The molecule has 2 N–H and O–H groups in total. The molecular weight excluding hydrogens is 418 g/mol. The van der Waals surface area contributed by atoms with Crippen LogP contribution in [0.1, 0.15) is 34.3 Å². The number of benzene rings is 1. The molecule has 0 aromatic heterocycles. The zero-order valence-electron chi connectivity index (χ0n) is 17.1. The van der Waals surface area contributed by atoms with Gasteiger partial charge in [0.05, 0.1) is 29.4 Å². The van der Waals surface area contributed by atoms with Crippen molar-refractivity contribution in [3.05, 3.63) is 52.1 Å². The Morgan fingerprint density at radius 3 is 2.87 bits per heavy atom. The number of nitrogens with zero attached hydrogens (tertiary/aromatic N) is 2. The number of rotatable bonds is 3. The van der Waals surface area contributed by atoms with Crippen LogP contribution in [0.15, 0.2) is 40.5 Å². The predicted octanol–water partition coefficient (Wildman–Crippen LogP) is 0.959. The topological polar surface area (TPSA) is 108 Å². The number of hydrogen-bond acceptors (Lipinski definition) is 7. The largest absolute Gasteiger partial charge is 0.492 e. The SMILES string of the molecule is O=C(c1cc(CC2=NNC(O)C3=C2C=CCC3)cc2c1OCC2)N1CCS(=O)(=O)CC1. The summed E-state index contributed by atoms with van der Waals surface area (Å²) >= 11 is 0. The number of hydrazone groups is 1. The van der Waals surface area contributed by atoms with Crippen molar-refractivity contribution in [2.24, 2.45) is 5.10 Å². The van der Waals surface area contributed by atoms with E-state index in [0.29, 0.717) is 24.3 Å². The van der Waals surface area contributed by atoms with Crippen LogP contribution in [0.3, 0.4) is 0 Å². The van der Waals surface area contributed by atoms with Crippen molar-refractivity contribution in [2.45, 2.75) is 31.9 Å². The molecule has 1 saturated heterocycles. The second-order valence-corrected chi connectivity index (χ2v) is 10.6. The van der Waals surface area contributed by atoms with Gasteiger partial charge in [-0.3, -0.25) is 10.2 Å². The number of sulfone groups is 1. The van der Waals surface area contributed by atoms with Crippen LogP contribution in [0.5, 0.6) is 5.75 Å². The van der Waals surface area contributed by atoms with Gasteiger partial charge in [-0.2, -0.15) is 5.10 Å². The van der Waals surface area contributed by atoms with Gasteiger partial charge in [-0.1, -0.05) is 18.2 Å². The van der Waals surface area contributed by atoms with Crippen molar-refractivity contribution < 1.29 is 23.1 Å². The Bertz CT molecular complexity index is 1120. The minimum atomic E-state index is -3.07. The maximum absolute atomic E-state index is 13.2. The smallest absolute Gasteiger partial charge is 0.257 e. The molecule has 8 nitrogen and oxygen atoms in total. The Labute approximate surface area is 181 Å². The number of ether oxygens (including phenoxy) is 1. The van der Waals surface area contributed by atoms with E-state index < -0.39 is 16.1 Å². The molecule has 1 atom stereocenters. The van der Waals surface area contributed by atoms with Crippen LogP contribution in [0.2, 0.25) is 0 Å². The standard InChI is InChI=1S/C22H25N3O5S/c26-21-17-4-2-1-3-16(17)19(23-24-21)13-14-11-15-5-8-30-20(15)18(12-14)22(27)25-6-9-31(28,29)10-7-25/h1,3,11-12,21,24,26H,2,4-10,13H2. The molecule has 3 heterocycles. The molecule has 0 saturated carbocycles. The quantitative estimate of drug-likeness (QED) is 0.720. The molecule has 0 radical (unpaired) electrons. The molecule has 1 unspecified atom stereocenters. The predicted molar refractivity (Wildman–Crippen MR) is 116 cm³/mol. The number of fused-ring (bicyclic) bond motifs is 1. The molecule has 1 aliphatic carbocycles. The molecule has 3 aliphatic heterocycles. The number of hydrogen-bond donors (Lipinski definition) is 2. The van der Waals surface area contributed by atoms with Crippen molar-refractivity contribution in [2.75, 3.05) is 31.2 Å². The van der Waals surface area contributed by atoms with Gasteiger partial charge in [0, 0.05) is 31.5 Å². The second kappa shape index (κ2) is 7.80. The van der Waals surface area contributed by atoms with Gasteiger partial charge in [0.15, 0.2) is 16.1 Å². The van der Waals surface area contributed by atoms with Gasteiger partial charge >= 0.3 is 0 Å². The highest BCUT2D eigenvalue weighted by atomic mass is 32.2. The number of amides is 1. The summed E-state index contributed by atoms with van der Waals surface area (Å²) in [6.07, 6.45) is 6.27. The molecule has 1 aromatic carbocycles. The van der Waals surface area contributed by atoms with E-state index in [1.165, 1.54) is 0 Å². The van der Waals surface area contributed by atoms with Gasteiger partial charge in [0.25, 0.3) is 5.91 Å². The van der Waals surface area contributed by atoms with Crippen molar-refractivity contribution >= 4 is 21.5 Å². The van der Waals surface area contributed by atoms with E-state index in [4.69, 9.17) is 4.74 Å². The number of aliphatic hydroxyl groups excluding tert-OH is 1. The Hall–Kier alpha value is -2.65. The zero-order chi connectivity index (χ0) is 21.6. The summed E-state index contributed by atoms with van der Waals surface area (Å²) in [7, 11) is -3.07. The van der Waals surface area contributed by atoms with E-state index in [2.05, 4.69) is 22.7 Å². The van der Waals surface area contributed by atoms with Crippen molar-refractivity contribution in [1.82, 2.24) is 10.3 Å². The van der Waals surface area contributed by atoms with E-state index in [1.807, 2.05) is 12.1 Å². The second-order valence-electron chi connectivity index (χ2n) is 8.32. The van der Waals surface area contributed by atoms with Crippen LogP contribution in [0.25, 0.3) is 0 Å². The van der Waals surface area contributed by atoms with Crippen molar-refractivity contribution in [1.29, 1.82) is 0 Å². The van der Waals surface area contributed by atoms with Gasteiger partial charge in [0.1, 0.15) is 5.75 Å². The van der Waals surface area contributed by atoms with E-state index in [1.54, 1.807) is 4.90 Å². The molecule has 31 heavy (non-hydrogen) atoms. The average Bonchev–Trinajstić information content (AvgIpc) is 3.23. The molecule has 9 heteroatoms. The number of nitrogens with one attached hydrogen (secondary N) is 1. The van der Waals surface area contributed by atoms with Crippen LogP contribution >= 0.6 is 0 Å². The maximum Gasteiger partial charge on any atom is 0.257 e. The van der Waals surface area contributed by atoms with E-state index in [0.717, 1.165) is 47.2 Å². The third-order valence-corrected chi connectivity index (χ3v) is 7.86. The molecule has 4 aliphatic rings. The molecule has 5 rings (SSSR count). The molecule has 0 spiro atoms. The Morgan fingerprint density at radius 1 is 1.26 bits per heavy atom. The fourth-order valence-electron chi connectivity index (χ4n) is 4.57. The lowest BCUT2D eigenvalue weighted by molar-refractivity contribution is 0.0766. The monoisotopic (exact) mass is 443 g/mol. The number of allylic oxidation sites excluding steroid dienone is 3. The van der Waals surface area contributed by atoms with Gasteiger partial charge < -0.3 is 14.7 Å². The Kier molecular flexibility index (Phi) is 5.10. The third kappa shape index (κ3) is 3.87. The summed E-state index contributed by atoms with van der Waals surface area (Å²) in [6, 6.07) is 3.90. The number of carbonyl (C=O) groups excluding carboxylic acids is 1. The molecule has 0 bridgehead atoms. The van der Waals surface area contributed by atoms with Crippen molar-refractivity contribution in [3.8, 4) is 5.75 Å². The van der Waals surface area contributed by atoms with Gasteiger partial charge in [0.2, 0.25) is 0 Å². The van der Waals surface area contributed by atoms with E-state index >= 15 is 0 Å². The fourth-order valence-corrected chi connectivity index (χ4v) is 5.77. The van der Waals surface area contributed by atoms with E-state index in [-0.39, 0.29) is 30.5 Å². The van der Waals surface area contributed by atoms with Crippen LogP contribution in [-0.2, 0) is 22.7 Å². The van der Waals surface area contributed by atoms with Crippen LogP contribution < -0.4 is 10.2 Å². The summed E-state index contributed by atoms with van der Waals surface area (Å²) in [5, 5.41) is 14.6. The fraction of sp³-hybridized carbons (Fsp3) is 0.455. The Balaban J connectivity index is 1.44. The zero-order valence-corrected chi connectivity index (χ0v) is 18.0. The summed E-state index contributed by atoms with van der Waals surface area (Å²) in [5.74, 6) is 0.413. The molecule has 164 valence electrons. The minimum absolute atomic E-state index is 0.00442. The lowest BCUT2D eigenvalue weighted by atomic mass is 9.89. The molecular formula is C22H25N3O5S. The summed E-state index contributed by atoms with van der Waals surface area (Å²) < 4.78 is 29.3. The number of aliphatic hydroxyl groups is 1. The first-order valence-electron chi connectivity index (χ1n) is 10.6.